The smallest absolute Gasteiger partial charge is 0.236 e. The van der Waals surface area contributed by atoms with E-state index in [0.29, 0.717) is 11.5 Å². The SMILES string of the molecule is c1ccc(-n2c3ccccc3c3ccc(-c4nc(-n5c6c7ccccc7ccc6c6c7ccccc7c7c8ccccc8oc7c65)nc5c4oc4ccccc45)cc32)cc1. The maximum Gasteiger partial charge on any atom is 0.236 e. The molecule has 60 heavy (non-hydrogen) atoms. The highest BCUT2D eigenvalue weighted by Crippen LogP contribution is 2.47. The highest BCUT2D eigenvalue weighted by molar-refractivity contribution is 6.36. The van der Waals surface area contributed by atoms with Crippen LogP contribution in [0.25, 0.3) is 132 Å². The Morgan fingerprint density at radius 1 is 0.383 bits per heavy atom. The molecule has 6 heteroatoms. The molecule has 0 aliphatic heterocycles. The Bertz CT molecular complexity index is 4130. The number of nitrogens with zero attached hydrogens (tertiary/aromatic N) is 4. The Morgan fingerprint density at radius 3 is 1.83 bits per heavy atom. The Morgan fingerprint density at radius 2 is 1.00 bits per heavy atom. The normalized spacial score (nSPS) is 12.3. The Labute approximate surface area is 340 Å². The first kappa shape index (κ1) is 31.8. The van der Waals surface area contributed by atoms with E-state index in [9.17, 15) is 0 Å². The molecule has 5 aromatic heterocycles. The fourth-order valence-corrected chi connectivity index (χ4v) is 9.98. The van der Waals surface area contributed by atoms with Crippen molar-refractivity contribution >= 4 is 109 Å². The zero-order chi connectivity index (χ0) is 39.1. The largest absolute Gasteiger partial charge is 0.454 e. The van der Waals surface area contributed by atoms with Gasteiger partial charge in [0.1, 0.15) is 27.9 Å². The summed E-state index contributed by atoms with van der Waals surface area (Å²) in [5, 5.41) is 12.2. The minimum absolute atomic E-state index is 0.543. The standard InChI is InChI=1S/C54H30N4O2/c1-2-15-33(16-3-1)57-42-23-11-8-18-35(42)36-28-27-32(30-43(36)57)48-53-49(40-22-10-13-25-45(40)60-53)56-54(55-48)58-50-34-17-5-4-14-31(34)26-29-41(50)46-37-19-6-7-20-38(37)47-39-21-9-12-24-44(39)59-52(47)51(46)58/h1-30H. The van der Waals surface area contributed by atoms with Gasteiger partial charge in [-0.25, -0.2) is 9.97 Å². The average molecular weight is 767 g/mol. The second-order valence-corrected chi connectivity index (χ2v) is 15.7. The molecule has 0 radical (unpaired) electrons. The molecule has 9 aromatic carbocycles. The number of hydrogen-bond donors (Lipinski definition) is 0. The number of hydrogen-bond acceptors (Lipinski definition) is 4. The summed E-state index contributed by atoms with van der Waals surface area (Å²) in [7, 11) is 0. The molecule has 0 unspecified atom stereocenters. The molecule has 0 saturated heterocycles. The van der Waals surface area contributed by atoms with Crippen molar-refractivity contribution < 1.29 is 8.83 Å². The summed E-state index contributed by atoms with van der Waals surface area (Å²) in [6.07, 6.45) is 0. The topological polar surface area (TPSA) is 61.9 Å². The van der Waals surface area contributed by atoms with Crippen molar-refractivity contribution in [2.75, 3.05) is 0 Å². The van der Waals surface area contributed by atoms with Crippen LogP contribution in [0, 0.1) is 0 Å². The third-order valence-corrected chi connectivity index (χ3v) is 12.5. The van der Waals surface area contributed by atoms with Crippen molar-refractivity contribution in [3.05, 3.63) is 182 Å². The van der Waals surface area contributed by atoms with Crippen LogP contribution in [0.5, 0.6) is 0 Å². The van der Waals surface area contributed by atoms with E-state index in [4.69, 9.17) is 18.8 Å². The molecule has 0 N–H and O–H groups in total. The van der Waals surface area contributed by atoms with Crippen molar-refractivity contribution in [3.8, 4) is 22.9 Å². The lowest BCUT2D eigenvalue weighted by atomic mass is 9.98. The molecular weight excluding hydrogens is 737 g/mol. The van der Waals surface area contributed by atoms with E-state index in [1.54, 1.807) is 0 Å². The average Bonchev–Trinajstić information content (AvgIpc) is 4.07. The van der Waals surface area contributed by atoms with Crippen LogP contribution in [-0.2, 0) is 0 Å². The molecule has 0 aliphatic rings. The zero-order valence-corrected chi connectivity index (χ0v) is 31.9. The first-order chi connectivity index (χ1) is 29.8. The number of para-hydroxylation sites is 4. The first-order valence-corrected chi connectivity index (χ1v) is 20.2. The lowest BCUT2D eigenvalue weighted by molar-refractivity contribution is 0.666. The van der Waals surface area contributed by atoms with Crippen LogP contribution in [0.4, 0.5) is 0 Å². The van der Waals surface area contributed by atoms with Gasteiger partial charge < -0.3 is 13.4 Å². The van der Waals surface area contributed by atoms with Gasteiger partial charge in [0.25, 0.3) is 0 Å². The molecule has 0 amide bonds. The van der Waals surface area contributed by atoms with Crippen LogP contribution >= 0.6 is 0 Å². The fraction of sp³-hybridized carbons (Fsp3) is 0. The van der Waals surface area contributed by atoms with Gasteiger partial charge in [0.2, 0.25) is 5.95 Å². The van der Waals surface area contributed by atoms with Gasteiger partial charge in [-0.2, -0.15) is 0 Å². The number of rotatable bonds is 3. The van der Waals surface area contributed by atoms with Crippen LogP contribution in [0.15, 0.2) is 191 Å². The van der Waals surface area contributed by atoms with E-state index >= 15 is 0 Å². The monoisotopic (exact) mass is 766 g/mol. The van der Waals surface area contributed by atoms with Gasteiger partial charge in [0.05, 0.1) is 16.6 Å². The lowest BCUT2D eigenvalue weighted by Crippen LogP contribution is -2.03. The second-order valence-electron chi connectivity index (χ2n) is 15.7. The molecule has 278 valence electrons. The Kier molecular flexibility index (Phi) is 6.20. The van der Waals surface area contributed by atoms with E-state index in [2.05, 4.69) is 167 Å². The van der Waals surface area contributed by atoms with Crippen LogP contribution < -0.4 is 0 Å². The van der Waals surface area contributed by atoms with Crippen LogP contribution in [0.3, 0.4) is 0 Å². The number of fused-ring (bicyclic) bond motifs is 18. The van der Waals surface area contributed by atoms with Crippen molar-refractivity contribution in [3.63, 3.8) is 0 Å². The number of benzene rings is 9. The van der Waals surface area contributed by atoms with Gasteiger partial charge in [-0.3, -0.25) is 4.57 Å². The predicted octanol–water partition coefficient (Wildman–Crippen LogP) is 14.4. The summed E-state index contributed by atoms with van der Waals surface area (Å²) in [5.74, 6) is 0.543. The Balaban J connectivity index is 1.18. The van der Waals surface area contributed by atoms with Crippen molar-refractivity contribution in [1.29, 1.82) is 0 Å². The second kappa shape index (κ2) is 11.7. The van der Waals surface area contributed by atoms with E-state index in [0.717, 1.165) is 110 Å². The van der Waals surface area contributed by atoms with Crippen LogP contribution in [0.2, 0.25) is 0 Å². The molecular formula is C54H30N4O2. The summed E-state index contributed by atoms with van der Waals surface area (Å²) in [6, 6.07) is 64.0. The third-order valence-electron chi connectivity index (χ3n) is 12.5. The highest BCUT2D eigenvalue weighted by atomic mass is 16.3. The first-order valence-electron chi connectivity index (χ1n) is 20.2. The molecule has 6 nitrogen and oxygen atoms in total. The fourth-order valence-electron chi connectivity index (χ4n) is 9.98. The lowest BCUT2D eigenvalue weighted by Gasteiger charge is -2.12. The third kappa shape index (κ3) is 4.16. The summed E-state index contributed by atoms with van der Waals surface area (Å²) >= 11 is 0. The van der Waals surface area contributed by atoms with Crippen LogP contribution in [0.1, 0.15) is 0 Å². The molecule has 0 spiro atoms. The molecule has 0 bridgehead atoms. The minimum Gasteiger partial charge on any atom is -0.454 e. The molecule has 0 saturated carbocycles. The summed E-state index contributed by atoms with van der Waals surface area (Å²) in [6.45, 7) is 0. The van der Waals surface area contributed by atoms with E-state index in [1.807, 2.05) is 24.3 Å². The van der Waals surface area contributed by atoms with Crippen LogP contribution in [-0.4, -0.2) is 19.1 Å². The predicted molar refractivity (Wildman–Crippen MR) is 246 cm³/mol. The minimum atomic E-state index is 0.543. The molecule has 0 atom stereocenters. The molecule has 14 aromatic rings. The quantitative estimate of drug-likeness (QED) is 0.180. The summed E-state index contributed by atoms with van der Waals surface area (Å²) in [5.41, 5.74) is 10.7. The summed E-state index contributed by atoms with van der Waals surface area (Å²) < 4.78 is 18.3. The van der Waals surface area contributed by atoms with Gasteiger partial charge in [-0.05, 0) is 58.6 Å². The zero-order valence-electron chi connectivity index (χ0n) is 31.9. The van der Waals surface area contributed by atoms with Crippen molar-refractivity contribution in [1.82, 2.24) is 19.1 Å². The number of furan rings is 2. The molecule has 0 aliphatic carbocycles. The molecule has 14 rings (SSSR count). The van der Waals surface area contributed by atoms with Gasteiger partial charge >= 0.3 is 0 Å². The van der Waals surface area contributed by atoms with E-state index < -0.39 is 0 Å². The maximum atomic E-state index is 6.97. The van der Waals surface area contributed by atoms with Gasteiger partial charge in [0.15, 0.2) is 11.2 Å². The van der Waals surface area contributed by atoms with Crippen molar-refractivity contribution in [2.24, 2.45) is 0 Å². The summed E-state index contributed by atoms with van der Waals surface area (Å²) in [4.78, 5) is 11.1. The van der Waals surface area contributed by atoms with E-state index in [1.165, 1.54) is 10.8 Å². The van der Waals surface area contributed by atoms with Gasteiger partial charge in [-0.15, -0.1) is 0 Å². The van der Waals surface area contributed by atoms with E-state index in [-0.39, 0.29) is 0 Å². The Hall–Kier alpha value is -8.22. The molecule has 0 fully saturated rings. The highest BCUT2D eigenvalue weighted by Gasteiger charge is 2.27. The molecule has 5 heterocycles. The van der Waals surface area contributed by atoms with Crippen molar-refractivity contribution in [2.45, 2.75) is 0 Å². The number of aromatic nitrogens is 4. The van der Waals surface area contributed by atoms with Gasteiger partial charge in [0, 0.05) is 54.3 Å². The maximum absolute atomic E-state index is 6.97. The van der Waals surface area contributed by atoms with Gasteiger partial charge in [-0.1, -0.05) is 140 Å².